The van der Waals surface area contributed by atoms with E-state index in [1.54, 1.807) is 12.4 Å². The van der Waals surface area contributed by atoms with Crippen molar-refractivity contribution in [2.75, 3.05) is 0 Å². The van der Waals surface area contributed by atoms with Crippen LogP contribution in [0.4, 0.5) is 0 Å². The van der Waals surface area contributed by atoms with Gasteiger partial charge in [0, 0.05) is 31.2 Å². The Balaban J connectivity index is 1.82. The molecule has 0 bridgehead atoms. The van der Waals surface area contributed by atoms with Gasteiger partial charge in [-0.25, -0.2) is 0 Å². The van der Waals surface area contributed by atoms with E-state index in [-0.39, 0.29) is 0 Å². The van der Waals surface area contributed by atoms with Crippen molar-refractivity contribution >= 4 is 0 Å². The van der Waals surface area contributed by atoms with Gasteiger partial charge in [0.15, 0.2) is 0 Å². The van der Waals surface area contributed by atoms with E-state index in [0.29, 0.717) is 6.04 Å². The quantitative estimate of drug-likeness (QED) is 0.849. The van der Waals surface area contributed by atoms with Gasteiger partial charge in [0.05, 0.1) is 5.69 Å². The summed E-state index contributed by atoms with van der Waals surface area (Å²) in [7, 11) is 0. The van der Waals surface area contributed by atoms with Crippen molar-refractivity contribution in [1.82, 2.24) is 15.3 Å². The van der Waals surface area contributed by atoms with E-state index in [2.05, 4.69) is 22.2 Å². The van der Waals surface area contributed by atoms with E-state index >= 15 is 0 Å². The second-order valence-corrected chi connectivity index (χ2v) is 4.99. The van der Waals surface area contributed by atoms with Gasteiger partial charge in [-0.3, -0.25) is 9.97 Å². The number of aromatic nitrogens is 2. The molecule has 1 atom stereocenters. The second-order valence-electron chi connectivity index (χ2n) is 4.99. The first kappa shape index (κ1) is 12.5. The Morgan fingerprint density at radius 1 is 1.29 bits per heavy atom. The molecule has 1 unspecified atom stereocenters. The minimum absolute atomic E-state index is 0.650. The molecular weight excluding hydrogens is 210 g/mol. The van der Waals surface area contributed by atoms with Gasteiger partial charge in [-0.2, -0.15) is 0 Å². The van der Waals surface area contributed by atoms with Gasteiger partial charge >= 0.3 is 0 Å². The van der Waals surface area contributed by atoms with Gasteiger partial charge in [-0.15, -0.1) is 0 Å². The number of hydrogen-bond acceptors (Lipinski definition) is 3. The SMILES string of the molecule is CCC(NCc1cnccn1)C1CCCCC1. The fourth-order valence-corrected chi connectivity index (χ4v) is 2.84. The van der Waals surface area contributed by atoms with Gasteiger partial charge in [-0.05, 0) is 25.2 Å². The minimum atomic E-state index is 0.650. The molecule has 3 nitrogen and oxygen atoms in total. The molecular formula is C14H23N3. The summed E-state index contributed by atoms with van der Waals surface area (Å²) < 4.78 is 0. The molecule has 0 saturated heterocycles. The molecule has 2 rings (SSSR count). The van der Waals surface area contributed by atoms with Crippen LogP contribution in [0.25, 0.3) is 0 Å². The van der Waals surface area contributed by atoms with Crippen LogP contribution >= 0.6 is 0 Å². The van der Waals surface area contributed by atoms with E-state index in [0.717, 1.165) is 18.2 Å². The van der Waals surface area contributed by atoms with E-state index in [4.69, 9.17) is 0 Å². The van der Waals surface area contributed by atoms with E-state index in [1.165, 1.54) is 38.5 Å². The summed E-state index contributed by atoms with van der Waals surface area (Å²) in [4.78, 5) is 8.40. The molecule has 0 aliphatic heterocycles. The molecule has 1 aromatic rings. The fraction of sp³-hybridized carbons (Fsp3) is 0.714. The van der Waals surface area contributed by atoms with E-state index < -0.39 is 0 Å². The summed E-state index contributed by atoms with van der Waals surface area (Å²) in [6.07, 6.45) is 13.6. The molecule has 3 heteroatoms. The summed E-state index contributed by atoms with van der Waals surface area (Å²) in [5, 5.41) is 3.65. The third-order valence-electron chi connectivity index (χ3n) is 3.82. The largest absolute Gasteiger partial charge is 0.308 e. The van der Waals surface area contributed by atoms with Gasteiger partial charge < -0.3 is 5.32 Å². The Kier molecular flexibility index (Phi) is 4.92. The lowest BCUT2D eigenvalue weighted by molar-refractivity contribution is 0.261. The standard InChI is InChI=1S/C14H23N3/c1-2-14(12-6-4-3-5-7-12)17-11-13-10-15-8-9-16-13/h8-10,12,14,17H,2-7,11H2,1H3. The van der Waals surface area contributed by atoms with Gasteiger partial charge in [-0.1, -0.05) is 26.2 Å². The Labute approximate surface area is 104 Å². The number of hydrogen-bond donors (Lipinski definition) is 1. The summed E-state index contributed by atoms with van der Waals surface area (Å²) in [6.45, 7) is 3.13. The molecule has 1 saturated carbocycles. The number of rotatable bonds is 5. The van der Waals surface area contributed by atoms with Crippen LogP contribution in [0.2, 0.25) is 0 Å². The maximum atomic E-state index is 4.31. The van der Waals surface area contributed by atoms with Gasteiger partial charge in [0.25, 0.3) is 0 Å². The first-order valence-corrected chi connectivity index (χ1v) is 6.88. The highest BCUT2D eigenvalue weighted by atomic mass is 14.9. The Morgan fingerprint density at radius 2 is 2.12 bits per heavy atom. The predicted molar refractivity (Wildman–Crippen MR) is 69.5 cm³/mol. The summed E-state index contributed by atoms with van der Waals surface area (Å²) in [5.74, 6) is 0.866. The first-order valence-electron chi connectivity index (χ1n) is 6.88. The van der Waals surface area contributed by atoms with Crippen LogP contribution in [0.3, 0.4) is 0 Å². The van der Waals surface area contributed by atoms with Crippen molar-refractivity contribution in [2.45, 2.75) is 58.0 Å². The monoisotopic (exact) mass is 233 g/mol. The van der Waals surface area contributed by atoms with Crippen LogP contribution < -0.4 is 5.32 Å². The average molecular weight is 233 g/mol. The summed E-state index contributed by atoms with van der Waals surface area (Å²) >= 11 is 0. The Bertz CT molecular complexity index is 307. The molecule has 1 N–H and O–H groups in total. The normalized spacial score (nSPS) is 19.1. The van der Waals surface area contributed by atoms with Crippen molar-refractivity contribution in [1.29, 1.82) is 0 Å². The number of nitrogens with one attached hydrogen (secondary N) is 1. The highest BCUT2D eigenvalue weighted by Crippen LogP contribution is 2.27. The zero-order chi connectivity index (χ0) is 11.9. The maximum Gasteiger partial charge on any atom is 0.0724 e. The molecule has 0 spiro atoms. The van der Waals surface area contributed by atoms with Gasteiger partial charge in [0.1, 0.15) is 0 Å². The summed E-state index contributed by atoms with van der Waals surface area (Å²) in [6, 6.07) is 0.650. The molecule has 0 aromatic carbocycles. The third kappa shape index (κ3) is 3.77. The van der Waals surface area contributed by atoms with Crippen molar-refractivity contribution in [3.05, 3.63) is 24.3 Å². The van der Waals surface area contributed by atoms with Crippen LogP contribution in [0.5, 0.6) is 0 Å². The van der Waals surface area contributed by atoms with E-state index in [9.17, 15) is 0 Å². The molecule has 94 valence electrons. The van der Waals surface area contributed by atoms with Crippen LogP contribution in [-0.2, 0) is 6.54 Å². The Morgan fingerprint density at radius 3 is 2.76 bits per heavy atom. The molecule has 1 aromatic heterocycles. The topological polar surface area (TPSA) is 37.8 Å². The summed E-state index contributed by atoms with van der Waals surface area (Å²) in [5.41, 5.74) is 1.04. The van der Waals surface area contributed by atoms with Crippen molar-refractivity contribution in [3.8, 4) is 0 Å². The van der Waals surface area contributed by atoms with Crippen molar-refractivity contribution in [2.24, 2.45) is 5.92 Å². The maximum absolute atomic E-state index is 4.31. The highest BCUT2D eigenvalue weighted by molar-refractivity contribution is 4.94. The minimum Gasteiger partial charge on any atom is -0.308 e. The predicted octanol–water partition coefficient (Wildman–Crippen LogP) is 2.93. The van der Waals surface area contributed by atoms with E-state index in [1.807, 2.05) is 6.20 Å². The lowest BCUT2D eigenvalue weighted by Gasteiger charge is -2.30. The van der Waals surface area contributed by atoms with Crippen molar-refractivity contribution < 1.29 is 0 Å². The van der Waals surface area contributed by atoms with Crippen molar-refractivity contribution in [3.63, 3.8) is 0 Å². The zero-order valence-electron chi connectivity index (χ0n) is 10.7. The molecule has 1 aliphatic rings. The van der Waals surface area contributed by atoms with Crippen LogP contribution in [0, 0.1) is 5.92 Å². The second kappa shape index (κ2) is 6.70. The van der Waals surface area contributed by atoms with Crippen LogP contribution in [-0.4, -0.2) is 16.0 Å². The van der Waals surface area contributed by atoms with Crippen LogP contribution in [0.1, 0.15) is 51.1 Å². The average Bonchev–Trinajstić information content (AvgIpc) is 2.42. The first-order chi connectivity index (χ1) is 8.40. The fourth-order valence-electron chi connectivity index (χ4n) is 2.84. The lowest BCUT2D eigenvalue weighted by Crippen LogP contribution is -2.36. The third-order valence-corrected chi connectivity index (χ3v) is 3.82. The molecule has 1 aliphatic carbocycles. The lowest BCUT2D eigenvalue weighted by atomic mass is 9.83. The highest BCUT2D eigenvalue weighted by Gasteiger charge is 2.21. The number of nitrogens with zero attached hydrogens (tertiary/aromatic N) is 2. The Hall–Kier alpha value is -0.960. The smallest absolute Gasteiger partial charge is 0.0724 e. The molecule has 0 amide bonds. The molecule has 1 fully saturated rings. The van der Waals surface area contributed by atoms with Crippen LogP contribution in [0.15, 0.2) is 18.6 Å². The molecule has 17 heavy (non-hydrogen) atoms. The molecule has 0 radical (unpaired) electrons. The molecule has 1 heterocycles. The zero-order valence-corrected chi connectivity index (χ0v) is 10.7. The van der Waals surface area contributed by atoms with Gasteiger partial charge in [0.2, 0.25) is 0 Å².